The van der Waals surface area contributed by atoms with Gasteiger partial charge in [0.2, 0.25) is 0 Å². The summed E-state index contributed by atoms with van der Waals surface area (Å²) >= 11 is 0. The van der Waals surface area contributed by atoms with Gasteiger partial charge in [0.15, 0.2) is 5.78 Å². The van der Waals surface area contributed by atoms with E-state index in [1.165, 1.54) is 0 Å². The number of rotatable bonds is 2. The van der Waals surface area contributed by atoms with E-state index in [9.17, 15) is 4.79 Å². The number of carbonyl (C=O) groups excluding carboxylic acids is 1. The third kappa shape index (κ3) is 1.60. The van der Waals surface area contributed by atoms with Crippen LogP contribution in [0, 0.1) is 28.6 Å². The molecule has 1 aliphatic rings. The first kappa shape index (κ1) is 9.43. The van der Waals surface area contributed by atoms with Crippen molar-refractivity contribution in [1.29, 1.82) is 10.5 Å². The molecule has 72 valence electrons. The minimum atomic E-state index is 0.00338. The van der Waals surface area contributed by atoms with E-state index < -0.39 is 0 Å². The minimum Gasteiger partial charge on any atom is -0.294 e. The zero-order valence-electron chi connectivity index (χ0n) is 8.03. The number of Topliss-reactive ketones (excluding diaryl/α,β-unsaturated/α-hetero) is 1. The normalized spacial score (nSPS) is 14.0. The van der Waals surface area contributed by atoms with Crippen LogP contribution in [-0.2, 0) is 0 Å². The number of hydrogen-bond acceptors (Lipinski definition) is 3. The third-order valence-electron chi connectivity index (χ3n) is 2.51. The van der Waals surface area contributed by atoms with Gasteiger partial charge < -0.3 is 0 Å². The van der Waals surface area contributed by atoms with Gasteiger partial charge in [-0.25, -0.2) is 0 Å². The average molecular weight is 196 g/mol. The SMILES string of the molecule is N#Cc1cccc(C(=O)C2CC2)c1C#N. The number of carbonyl (C=O) groups is 1. The molecule has 2 rings (SSSR count). The van der Waals surface area contributed by atoms with Crippen LogP contribution in [0.1, 0.15) is 34.3 Å². The lowest BCUT2D eigenvalue weighted by molar-refractivity contribution is 0.0967. The number of ketones is 1. The quantitative estimate of drug-likeness (QED) is 0.679. The average Bonchev–Trinajstić information content (AvgIpc) is 3.10. The van der Waals surface area contributed by atoms with Crippen LogP contribution >= 0.6 is 0 Å². The van der Waals surface area contributed by atoms with Gasteiger partial charge in [-0.15, -0.1) is 0 Å². The van der Waals surface area contributed by atoms with Gasteiger partial charge in [0, 0.05) is 11.5 Å². The van der Waals surface area contributed by atoms with Crippen molar-refractivity contribution in [2.45, 2.75) is 12.8 Å². The number of hydrogen-bond donors (Lipinski definition) is 0. The lowest BCUT2D eigenvalue weighted by Crippen LogP contribution is -2.05. The van der Waals surface area contributed by atoms with Crippen molar-refractivity contribution in [3.05, 3.63) is 34.9 Å². The van der Waals surface area contributed by atoms with Crippen LogP contribution in [0.3, 0.4) is 0 Å². The number of nitrogens with zero attached hydrogens (tertiary/aromatic N) is 2. The fourth-order valence-corrected chi connectivity index (χ4v) is 1.54. The molecule has 3 nitrogen and oxygen atoms in total. The summed E-state index contributed by atoms with van der Waals surface area (Å²) in [4.78, 5) is 11.8. The molecule has 0 amide bonds. The van der Waals surface area contributed by atoms with Crippen LogP contribution in [0.5, 0.6) is 0 Å². The first-order valence-electron chi connectivity index (χ1n) is 4.75. The zero-order valence-corrected chi connectivity index (χ0v) is 8.03. The predicted octanol–water partition coefficient (Wildman–Crippen LogP) is 2.02. The van der Waals surface area contributed by atoms with Crippen LogP contribution in [0.2, 0.25) is 0 Å². The number of benzene rings is 1. The highest BCUT2D eigenvalue weighted by atomic mass is 16.1. The smallest absolute Gasteiger partial charge is 0.167 e. The maximum atomic E-state index is 11.8. The summed E-state index contributed by atoms with van der Waals surface area (Å²) in [5.74, 6) is 0.0784. The lowest BCUT2D eigenvalue weighted by atomic mass is 9.97. The Morgan fingerprint density at radius 3 is 2.53 bits per heavy atom. The Labute approximate surface area is 87.6 Å². The molecule has 1 aromatic carbocycles. The molecule has 1 aromatic rings. The molecule has 0 atom stereocenters. The molecule has 0 saturated heterocycles. The Balaban J connectivity index is 2.52. The Hall–Kier alpha value is -2.13. The van der Waals surface area contributed by atoms with Gasteiger partial charge in [-0.2, -0.15) is 10.5 Å². The summed E-state index contributed by atoms with van der Waals surface area (Å²) in [6.07, 6.45) is 1.81. The van der Waals surface area contributed by atoms with Crippen molar-refractivity contribution in [3.63, 3.8) is 0 Å². The van der Waals surface area contributed by atoms with E-state index >= 15 is 0 Å². The van der Waals surface area contributed by atoms with Crippen molar-refractivity contribution in [2.75, 3.05) is 0 Å². The van der Waals surface area contributed by atoms with Crippen molar-refractivity contribution in [1.82, 2.24) is 0 Å². The molecule has 0 unspecified atom stereocenters. The second-order valence-electron chi connectivity index (χ2n) is 3.59. The monoisotopic (exact) mass is 196 g/mol. The standard InChI is InChI=1S/C12H8N2O/c13-6-9-2-1-3-10(11(9)7-14)12(15)8-4-5-8/h1-3,8H,4-5H2. The molecule has 15 heavy (non-hydrogen) atoms. The first-order valence-corrected chi connectivity index (χ1v) is 4.75. The molecule has 0 aromatic heterocycles. The van der Waals surface area contributed by atoms with Crippen molar-refractivity contribution in [3.8, 4) is 12.1 Å². The summed E-state index contributed by atoms with van der Waals surface area (Å²) in [7, 11) is 0. The molecular formula is C12H8N2O. The molecule has 3 heteroatoms. The van der Waals surface area contributed by atoms with E-state index in [2.05, 4.69) is 0 Å². The largest absolute Gasteiger partial charge is 0.294 e. The third-order valence-corrected chi connectivity index (χ3v) is 2.51. The molecule has 0 N–H and O–H groups in total. The van der Waals surface area contributed by atoms with Crippen LogP contribution in [0.15, 0.2) is 18.2 Å². The van der Waals surface area contributed by atoms with Crippen molar-refractivity contribution >= 4 is 5.78 Å². The molecule has 0 bridgehead atoms. The van der Waals surface area contributed by atoms with Gasteiger partial charge in [0.25, 0.3) is 0 Å². The molecule has 0 radical (unpaired) electrons. The van der Waals surface area contributed by atoms with Crippen LogP contribution < -0.4 is 0 Å². The Bertz CT molecular complexity index is 501. The summed E-state index contributed by atoms with van der Waals surface area (Å²) in [5.41, 5.74) is 0.903. The highest BCUT2D eigenvalue weighted by Gasteiger charge is 2.32. The fraction of sp³-hybridized carbons (Fsp3) is 0.250. The Morgan fingerprint density at radius 2 is 2.00 bits per heavy atom. The molecule has 0 heterocycles. The van der Waals surface area contributed by atoms with E-state index in [1.54, 1.807) is 18.2 Å². The van der Waals surface area contributed by atoms with Crippen LogP contribution in [0.25, 0.3) is 0 Å². The van der Waals surface area contributed by atoms with Crippen LogP contribution in [0.4, 0.5) is 0 Å². The van der Waals surface area contributed by atoms with Crippen molar-refractivity contribution in [2.24, 2.45) is 5.92 Å². The Kier molecular flexibility index (Phi) is 2.23. The minimum absolute atomic E-state index is 0.00338. The van der Waals surface area contributed by atoms with Gasteiger partial charge in [-0.05, 0) is 25.0 Å². The van der Waals surface area contributed by atoms with E-state index in [4.69, 9.17) is 10.5 Å². The molecular weight excluding hydrogens is 188 g/mol. The summed E-state index contributed by atoms with van der Waals surface area (Å²) in [6.45, 7) is 0. The van der Waals surface area contributed by atoms with Gasteiger partial charge in [0.1, 0.15) is 12.1 Å². The maximum absolute atomic E-state index is 11.8. The fourth-order valence-electron chi connectivity index (χ4n) is 1.54. The highest BCUT2D eigenvalue weighted by molar-refractivity contribution is 6.01. The van der Waals surface area contributed by atoms with Crippen LogP contribution in [-0.4, -0.2) is 5.78 Å². The van der Waals surface area contributed by atoms with E-state index in [0.29, 0.717) is 5.56 Å². The zero-order chi connectivity index (χ0) is 10.8. The number of nitriles is 2. The van der Waals surface area contributed by atoms with E-state index in [1.807, 2.05) is 12.1 Å². The molecule has 0 spiro atoms. The summed E-state index contributed by atoms with van der Waals surface area (Å²) in [6, 6.07) is 8.69. The molecule has 1 aliphatic carbocycles. The highest BCUT2D eigenvalue weighted by Crippen LogP contribution is 2.33. The van der Waals surface area contributed by atoms with E-state index in [-0.39, 0.29) is 22.8 Å². The predicted molar refractivity (Wildman–Crippen MR) is 52.9 cm³/mol. The summed E-state index contributed by atoms with van der Waals surface area (Å²) in [5, 5.41) is 17.7. The lowest BCUT2D eigenvalue weighted by Gasteiger charge is -2.02. The molecule has 1 fully saturated rings. The summed E-state index contributed by atoms with van der Waals surface area (Å²) < 4.78 is 0. The van der Waals surface area contributed by atoms with Gasteiger partial charge in [0.05, 0.1) is 11.1 Å². The van der Waals surface area contributed by atoms with Gasteiger partial charge in [-0.1, -0.05) is 6.07 Å². The molecule has 0 aliphatic heterocycles. The first-order chi connectivity index (χ1) is 7.27. The van der Waals surface area contributed by atoms with E-state index in [0.717, 1.165) is 12.8 Å². The van der Waals surface area contributed by atoms with Gasteiger partial charge in [-0.3, -0.25) is 4.79 Å². The van der Waals surface area contributed by atoms with Gasteiger partial charge >= 0.3 is 0 Å². The molecule has 1 saturated carbocycles. The second kappa shape index (κ2) is 3.55. The van der Waals surface area contributed by atoms with Crippen molar-refractivity contribution < 1.29 is 4.79 Å². The Morgan fingerprint density at radius 1 is 1.27 bits per heavy atom. The second-order valence-corrected chi connectivity index (χ2v) is 3.59. The maximum Gasteiger partial charge on any atom is 0.167 e. The topological polar surface area (TPSA) is 64.7 Å².